The molecule has 0 radical (unpaired) electrons. The first-order valence-electron chi connectivity index (χ1n) is 5.65. The maximum absolute atomic E-state index is 12.4. The Morgan fingerprint density at radius 1 is 1.15 bits per heavy atom. The molecule has 2 rings (SSSR count). The highest BCUT2D eigenvalue weighted by Crippen LogP contribution is 2.29. The van der Waals surface area contributed by atoms with Crippen LogP contribution in [-0.2, 0) is 11.0 Å². The van der Waals surface area contributed by atoms with Crippen LogP contribution in [0.1, 0.15) is 11.3 Å². The van der Waals surface area contributed by atoms with E-state index in [9.17, 15) is 18.0 Å². The number of hydrogen-bond donors (Lipinski definition) is 1. The quantitative estimate of drug-likeness (QED) is 0.865. The first-order chi connectivity index (χ1) is 9.45. The van der Waals surface area contributed by atoms with Crippen molar-refractivity contribution in [2.45, 2.75) is 6.18 Å². The van der Waals surface area contributed by atoms with Crippen molar-refractivity contribution < 1.29 is 22.4 Å². The molecule has 0 atom stereocenters. The molecule has 0 unspecified atom stereocenters. The lowest BCUT2D eigenvalue weighted by Gasteiger charge is -2.07. The molecule has 6 heteroatoms. The topological polar surface area (TPSA) is 42.2 Å². The van der Waals surface area contributed by atoms with Crippen LogP contribution < -0.4 is 5.32 Å². The van der Waals surface area contributed by atoms with Crippen molar-refractivity contribution in [1.82, 2.24) is 0 Å². The van der Waals surface area contributed by atoms with Gasteiger partial charge >= 0.3 is 6.18 Å². The van der Waals surface area contributed by atoms with Gasteiger partial charge in [-0.05, 0) is 42.5 Å². The summed E-state index contributed by atoms with van der Waals surface area (Å²) in [4.78, 5) is 11.5. The fourth-order valence-electron chi connectivity index (χ4n) is 1.47. The summed E-state index contributed by atoms with van der Waals surface area (Å²) >= 11 is 0. The van der Waals surface area contributed by atoms with E-state index in [0.717, 1.165) is 12.1 Å². The Labute approximate surface area is 112 Å². The van der Waals surface area contributed by atoms with Gasteiger partial charge in [-0.1, -0.05) is 0 Å². The third kappa shape index (κ3) is 3.74. The van der Waals surface area contributed by atoms with E-state index >= 15 is 0 Å². The van der Waals surface area contributed by atoms with Crippen molar-refractivity contribution in [1.29, 1.82) is 0 Å². The van der Waals surface area contributed by atoms with Crippen LogP contribution in [0.3, 0.4) is 0 Å². The third-order valence-corrected chi connectivity index (χ3v) is 2.42. The number of nitrogens with one attached hydrogen (secondary N) is 1. The average molecular weight is 281 g/mol. The van der Waals surface area contributed by atoms with E-state index in [0.29, 0.717) is 5.76 Å². The van der Waals surface area contributed by atoms with Gasteiger partial charge in [0.05, 0.1) is 11.8 Å². The first-order valence-corrected chi connectivity index (χ1v) is 5.65. The van der Waals surface area contributed by atoms with Crippen molar-refractivity contribution >= 4 is 17.7 Å². The van der Waals surface area contributed by atoms with Gasteiger partial charge in [0.25, 0.3) is 0 Å². The molecule has 1 N–H and O–H groups in total. The van der Waals surface area contributed by atoms with Crippen LogP contribution in [0.5, 0.6) is 0 Å². The molecular weight excluding hydrogens is 271 g/mol. The fourth-order valence-corrected chi connectivity index (χ4v) is 1.47. The van der Waals surface area contributed by atoms with Gasteiger partial charge in [-0.2, -0.15) is 13.2 Å². The van der Waals surface area contributed by atoms with E-state index in [4.69, 9.17) is 4.42 Å². The minimum Gasteiger partial charge on any atom is -0.465 e. The predicted molar refractivity (Wildman–Crippen MR) is 67.8 cm³/mol. The number of amides is 1. The number of rotatable bonds is 3. The molecule has 0 fully saturated rings. The molecule has 1 heterocycles. The third-order valence-electron chi connectivity index (χ3n) is 2.42. The highest BCUT2D eigenvalue weighted by atomic mass is 19.4. The van der Waals surface area contributed by atoms with Crippen LogP contribution in [0.4, 0.5) is 18.9 Å². The van der Waals surface area contributed by atoms with E-state index in [2.05, 4.69) is 5.32 Å². The summed E-state index contributed by atoms with van der Waals surface area (Å²) in [5.74, 6) is 0.0497. The number of carbonyl (C=O) groups excluding carboxylic acids is 1. The lowest BCUT2D eigenvalue weighted by Crippen LogP contribution is -2.09. The SMILES string of the molecule is O=C(/C=C/c1ccco1)Nc1ccc(C(F)(F)F)cc1. The Bertz CT molecular complexity index is 598. The summed E-state index contributed by atoms with van der Waals surface area (Å²) in [6.07, 6.45) is -0.231. The molecule has 0 aliphatic carbocycles. The van der Waals surface area contributed by atoms with Gasteiger partial charge in [0.1, 0.15) is 5.76 Å². The average Bonchev–Trinajstić information content (AvgIpc) is 2.89. The largest absolute Gasteiger partial charge is 0.465 e. The van der Waals surface area contributed by atoms with Crippen molar-refractivity contribution in [2.24, 2.45) is 0 Å². The van der Waals surface area contributed by atoms with Gasteiger partial charge in [0, 0.05) is 11.8 Å². The summed E-state index contributed by atoms with van der Waals surface area (Å²) in [5.41, 5.74) is -0.478. The number of hydrogen-bond acceptors (Lipinski definition) is 2. The summed E-state index contributed by atoms with van der Waals surface area (Å²) in [5, 5.41) is 2.45. The van der Waals surface area contributed by atoms with E-state index in [-0.39, 0.29) is 5.69 Å². The number of carbonyl (C=O) groups is 1. The highest BCUT2D eigenvalue weighted by Gasteiger charge is 2.29. The molecule has 0 spiro atoms. The summed E-state index contributed by atoms with van der Waals surface area (Å²) in [7, 11) is 0. The standard InChI is InChI=1S/C14H10F3NO2/c15-14(16,17)10-3-5-11(6-4-10)18-13(19)8-7-12-2-1-9-20-12/h1-9H,(H,18,19)/b8-7+. The van der Waals surface area contributed by atoms with Crippen LogP contribution in [0.25, 0.3) is 6.08 Å². The van der Waals surface area contributed by atoms with Gasteiger partial charge < -0.3 is 9.73 Å². The van der Waals surface area contributed by atoms with Crippen LogP contribution in [0.2, 0.25) is 0 Å². The second-order valence-corrected chi connectivity index (χ2v) is 3.91. The zero-order valence-electron chi connectivity index (χ0n) is 10.1. The number of halogens is 3. The number of furan rings is 1. The minimum atomic E-state index is -4.39. The van der Waals surface area contributed by atoms with Crippen LogP contribution in [0, 0.1) is 0 Å². The maximum Gasteiger partial charge on any atom is 0.416 e. The second kappa shape index (κ2) is 5.64. The van der Waals surface area contributed by atoms with E-state index < -0.39 is 17.6 Å². The van der Waals surface area contributed by atoms with Crippen molar-refractivity contribution in [2.75, 3.05) is 5.32 Å². The second-order valence-electron chi connectivity index (χ2n) is 3.91. The normalized spacial score (nSPS) is 11.8. The maximum atomic E-state index is 12.4. The fraction of sp³-hybridized carbons (Fsp3) is 0.0714. The van der Waals surface area contributed by atoms with Gasteiger partial charge in [0.15, 0.2) is 0 Å². The number of alkyl halides is 3. The molecule has 1 amide bonds. The van der Waals surface area contributed by atoms with Gasteiger partial charge in [0.2, 0.25) is 5.91 Å². The lowest BCUT2D eigenvalue weighted by atomic mass is 10.2. The van der Waals surface area contributed by atoms with Crippen LogP contribution >= 0.6 is 0 Å². The van der Waals surface area contributed by atoms with Gasteiger partial charge in [-0.25, -0.2) is 0 Å². The number of anilines is 1. The Morgan fingerprint density at radius 2 is 1.85 bits per heavy atom. The highest BCUT2D eigenvalue weighted by molar-refractivity contribution is 6.01. The Kier molecular flexibility index (Phi) is 3.93. The molecule has 0 saturated heterocycles. The molecule has 104 valence electrons. The minimum absolute atomic E-state index is 0.284. The monoisotopic (exact) mass is 281 g/mol. The lowest BCUT2D eigenvalue weighted by molar-refractivity contribution is -0.137. The molecule has 0 aliphatic heterocycles. The van der Waals surface area contributed by atoms with Gasteiger partial charge in [-0.3, -0.25) is 4.79 Å². The molecule has 2 aromatic rings. The molecule has 1 aromatic heterocycles. The Hall–Kier alpha value is -2.50. The first kappa shape index (κ1) is 13.9. The molecular formula is C14H10F3NO2. The van der Waals surface area contributed by atoms with Crippen molar-refractivity contribution in [3.8, 4) is 0 Å². The molecule has 3 nitrogen and oxygen atoms in total. The summed E-state index contributed by atoms with van der Waals surface area (Å²) < 4.78 is 42.0. The Balaban J connectivity index is 1.98. The summed E-state index contributed by atoms with van der Waals surface area (Å²) in [6.45, 7) is 0. The van der Waals surface area contributed by atoms with E-state index in [1.807, 2.05) is 0 Å². The van der Waals surface area contributed by atoms with Crippen molar-refractivity contribution in [3.63, 3.8) is 0 Å². The van der Waals surface area contributed by atoms with Gasteiger partial charge in [-0.15, -0.1) is 0 Å². The summed E-state index contributed by atoms with van der Waals surface area (Å²) in [6, 6.07) is 7.55. The Morgan fingerprint density at radius 3 is 2.40 bits per heavy atom. The van der Waals surface area contributed by atoms with Crippen LogP contribution in [-0.4, -0.2) is 5.91 Å². The van der Waals surface area contributed by atoms with E-state index in [1.54, 1.807) is 12.1 Å². The smallest absolute Gasteiger partial charge is 0.416 e. The molecule has 1 aromatic carbocycles. The predicted octanol–water partition coefficient (Wildman–Crippen LogP) is 3.95. The molecule has 0 saturated carbocycles. The zero-order valence-corrected chi connectivity index (χ0v) is 10.1. The number of benzene rings is 1. The molecule has 0 bridgehead atoms. The molecule has 20 heavy (non-hydrogen) atoms. The molecule has 0 aliphatic rings. The van der Waals surface area contributed by atoms with Crippen LogP contribution in [0.15, 0.2) is 53.2 Å². The van der Waals surface area contributed by atoms with Crippen molar-refractivity contribution in [3.05, 3.63) is 60.1 Å². The zero-order chi connectivity index (χ0) is 14.6. The van der Waals surface area contributed by atoms with E-state index in [1.165, 1.54) is 30.5 Å².